The third kappa shape index (κ3) is 2.10. The number of hydrogen-bond donors (Lipinski definition) is 2. The summed E-state index contributed by atoms with van der Waals surface area (Å²) in [6.45, 7) is 0.217. The predicted molar refractivity (Wildman–Crippen MR) is 79.5 cm³/mol. The Balaban J connectivity index is 2.24. The second kappa shape index (κ2) is 4.77. The van der Waals surface area contributed by atoms with Crippen LogP contribution in [0.4, 0.5) is 5.13 Å². The first-order valence-electron chi connectivity index (χ1n) is 5.69. The number of nitrogens with two attached hydrogens (primary N) is 1. The lowest BCUT2D eigenvalue weighted by Gasteiger charge is -2.07. The summed E-state index contributed by atoms with van der Waals surface area (Å²) in [7, 11) is 0. The summed E-state index contributed by atoms with van der Waals surface area (Å²) in [6.07, 6.45) is 0. The summed E-state index contributed by atoms with van der Waals surface area (Å²) in [5.74, 6) is 0. The van der Waals surface area contributed by atoms with Gasteiger partial charge < -0.3 is 5.73 Å². The van der Waals surface area contributed by atoms with Gasteiger partial charge in [0.05, 0.1) is 6.54 Å². The molecule has 1 aromatic carbocycles. The summed E-state index contributed by atoms with van der Waals surface area (Å²) < 4.78 is 1.68. The first-order chi connectivity index (χ1) is 9.56. The molecule has 2 aromatic heterocycles. The van der Waals surface area contributed by atoms with Crippen LogP contribution in [-0.2, 0) is 6.54 Å². The Morgan fingerprint density at radius 3 is 2.85 bits per heavy atom. The van der Waals surface area contributed by atoms with Gasteiger partial charge in [-0.05, 0) is 11.6 Å². The molecule has 6 nitrogen and oxygen atoms in total. The van der Waals surface area contributed by atoms with Crippen molar-refractivity contribution in [3.63, 3.8) is 0 Å². The standard InChI is InChI=1S/C12H9ClN4O2S/c13-7-4-2-1-3-6(7)5-17-9-8(20-11(14)15-9)10(18)16-12(17)19/h1-4H,5H2,(H2,14,15)(H,16,18,19). The number of rotatable bonds is 2. The largest absolute Gasteiger partial charge is 0.375 e. The lowest BCUT2D eigenvalue weighted by Crippen LogP contribution is -2.30. The smallest absolute Gasteiger partial charge is 0.330 e. The highest BCUT2D eigenvalue weighted by Gasteiger charge is 2.13. The molecule has 2 heterocycles. The highest BCUT2D eigenvalue weighted by molar-refractivity contribution is 7.21. The average molecular weight is 309 g/mol. The van der Waals surface area contributed by atoms with E-state index in [9.17, 15) is 9.59 Å². The maximum atomic E-state index is 12.0. The summed E-state index contributed by atoms with van der Waals surface area (Å²) >= 11 is 7.13. The van der Waals surface area contributed by atoms with Crippen molar-refractivity contribution in [2.75, 3.05) is 5.73 Å². The summed E-state index contributed by atoms with van der Waals surface area (Å²) in [5, 5.41) is 0.783. The Kier molecular flexibility index (Phi) is 3.07. The van der Waals surface area contributed by atoms with E-state index in [1.807, 2.05) is 6.07 Å². The number of anilines is 1. The number of nitrogens with zero attached hydrogens (tertiary/aromatic N) is 2. The molecule has 0 aliphatic heterocycles. The van der Waals surface area contributed by atoms with E-state index >= 15 is 0 Å². The Morgan fingerprint density at radius 2 is 2.10 bits per heavy atom. The van der Waals surface area contributed by atoms with E-state index in [4.69, 9.17) is 17.3 Å². The van der Waals surface area contributed by atoms with Crippen LogP contribution in [-0.4, -0.2) is 14.5 Å². The highest BCUT2D eigenvalue weighted by atomic mass is 35.5. The zero-order valence-corrected chi connectivity index (χ0v) is 11.7. The number of halogens is 1. The van der Waals surface area contributed by atoms with Crippen molar-refractivity contribution in [2.45, 2.75) is 6.54 Å². The van der Waals surface area contributed by atoms with Gasteiger partial charge in [-0.15, -0.1) is 0 Å². The van der Waals surface area contributed by atoms with Gasteiger partial charge >= 0.3 is 5.69 Å². The molecule has 0 spiro atoms. The normalized spacial score (nSPS) is 11.1. The number of fused-ring (bicyclic) bond motifs is 1. The van der Waals surface area contributed by atoms with E-state index in [0.717, 1.165) is 16.9 Å². The van der Waals surface area contributed by atoms with Crippen LogP contribution in [0.15, 0.2) is 33.9 Å². The Labute approximate surface area is 121 Å². The molecule has 102 valence electrons. The second-order valence-electron chi connectivity index (χ2n) is 4.14. The Morgan fingerprint density at radius 1 is 1.35 bits per heavy atom. The zero-order valence-electron chi connectivity index (χ0n) is 10.1. The quantitative estimate of drug-likeness (QED) is 0.749. The van der Waals surface area contributed by atoms with E-state index < -0.39 is 11.2 Å². The van der Waals surface area contributed by atoms with Crippen LogP contribution in [0.2, 0.25) is 5.02 Å². The van der Waals surface area contributed by atoms with Crippen LogP contribution >= 0.6 is 22.9 Å². The van der Waals surface area contributed by atoms with Crippen molar-refractivity contribution in [3.05, 3.63) is 55.7 Å². The van der Waals surface area contributed by atoms with Crippen LogP contribution in [0.5, 0.6) is 0 Å². The van der Waals surface area contributed by atoms with Crippen molar-refractivity contribution in [2.24, 2.45) is 0 Å². The molecule has 3 rings (SSSR count). The summed E-state index contributed by atoms with van der Waals surface area (Å²) in [6, 6.07) is 7.17. The molecule has 0 atom stereocenters. The average Bonchev–Trinajstić information content (AvgIpc) is 2.79. The molecule has 3 aromatic rings. The SMILES string of the molecule is Nc1nc2c(s1)c(=O)[nH]c(=O)n2Cc1ccccc1Cl. The molecular formula is C12H9ClN4O2S. The monoisotopic (exact) mass is 308 g/mol. The minimum absolute atomic E-state index is 0.217. The van der Waals surface area contributed by atoms with Gasteiger partial charge in [0.1, 0.15) is 4.70 Å². The predicted octanol–water partition coefficient (Wildman–Crippen LogP) is 1.43. The third-order valence-electron chi connectivity index (χ3n) is 2.84. The lowest BCUT2D eigenvalue weighted by molar-refractivity contribution is 0.749. The van der Waals surface area contributed by atoms with E-state index in [0.29, 0.717) is 9.72 Å². The third-order valence-corrected chi connectivity index (χ3v) is 4.08. The maximum absolute atomic E-state index is 12.0. The highest BCUT2D eigenvalue weighted by Crippen LogP contribution is 2.21. The van der Waals surface area contributed by atoms with Crippen LogP contribution in [0.3, 0.4) is 0 Å². The lowest BCUT2D eigenvalue weighted by atomic mass is 10.2. The number of nitrogen functional groups attached to an aromatic ring is 1. The molecule has 0 aliphatic carbocycles. The number of aromatic amines is 1. The van der Waals surface area contributed by atoms with Gasteiger partial charge in [0, 0.05) is 5.02 Å². The number of aromatic nitrogens is 3. The van der Waals surface area contributed by atoms with Crippen molar-refractivity contribution >= 4 is 38.4 Å². The Hall–Kier alpha value is -2.12. The van der Waals surface area contributed by atoms with Crippen LogP contribution in [0.1, 0.15) is 5.56 Å². The molecular weight excluding hydrogens is 300 g/mol. The molecule has 0 saturated heterocycles. The molecule has 20 heavy (non-hydrogen) atoms. The molecule has 0 aliphatic rings. The van der Waals surface area contributed by atoms with E-state index in [1.54, 1.807) is 18.2 Å². The van der Waals surface area contributed by atoms with Gasteiger partial charge in [-0.25, -0.2) is 9.78 Å². The fraction of sp³-hybridized carbons (Fsp3) is 0.0833. The van der Waals surface area contributed by atoms with Crippen LogP contribution in [0, 0.1) is 0 Å². The molecule has 8 heteroatoms. The van der Waals surface area contributed by atoms with Crippen molar-refractivity contribution in [1.82, 2.24) is 14.5 Å². The van der Waals surface area contributed by atoms with E-state index in [2.05, 4.69) is 9.97 Å². The second-order valence-corrected chi connectivity index (χ2v) is 5.58. The van der Waals surface area contributed by atoms with E-state index in [1.165, 1.54) is 4.57 Å². The maximum Gasteiger partial charge on any atom is 0.330 e. The summed E-state index contributed by atoms with van der Waals surface area (Å²) in [5.41, 5.74) is 5.64. The molecule has 0 fully saturated rings. The number of thiazole rings is 1. The fourth-order valence-electron chi connectivity index (χ4n) is 1.92. The molecule has 0 saturated carbocycles. The molecule has 0 amide bonds. The Bertz CT molecular complexity index is 912. The van der Waals surface area contributed by atoms with Crippen LogP contribution in [0.25, 0.3) is 10.3 Å². The van der Waals surface area contributed by atoms with Crippen molar-refractivity contribution < 1.29 is 0 Å². The molecule has 0 bridgehead atoms. The van der Waals surface area contributed by atoms with Gasteiger partial charge in [-0.2, -0.15) is 0 Å². The van der Waals surface area contributed by atoms with Gasteiger partial charge in [0.2, 0.25) is 0 Å². The summed E-state index contributed by atoms with van der Waals surface area (Å²) in [4.78, 5) is 30.0. The fourth-order valence-corrected chi connectivity index (χ4v) is 2.85. The first-order valence-corrected chi connectivity index (χ1v) is 6.88. The van der Waals surface area contributed by atoms with Crippen molar-refractivity contribution in [1.29, 1.82) is 0 Å². The van der Waals surface area contributed by atoms with Gasteiger partial charge in [0.15, 0.2) is 10.8 Å². The number of benzene rings is 1. The first kappa shape index (κ1) is 12.9. The van der Waals surface area contributed by atoms with Gasteiger partial charge in [0.25, 0.3) is 5.56 Å². The zero-order chi connectivity index (χ0) is 14.3. The van der Waals surface area contributed by atoms with E-state index in [-0.39, 0.29) is 17.3 Å². The van der Waals surface area contributed by atoms with Crippen LogP contribution < -0.4 is 17.0 Å². The van der Waals surface area contributed by atoms with Crippen molar-refractivity contribution in [3.8, 4) is 0 Å². The topological polar surface area (TPSA) is 93.8 Å². The number of H-pyrrole nitrogens is 1. The molecule has 3 N–H and O–H groups in total. The number of hydrogen-bond acceptors (Lipinski definition) is 5. The van der Waals surface area contributed by atoms with Gasteiger partial charge in [-0.3, -0.25) is 14.3 Å². The molecule has 0 unspecified atom stereocenters. The minimum atomic E-state index is -0.535. The number of nitrogens with one attached hydrogen (secondary N) is 1. The molecule has 0 radical (unpaired) electrons. The minimum Gasteiger partial charge on any atom is -0.375 e. The van der Waals surface area contributed by atoms with Gasteiger partial charge in [-0.1, -0.05) is 41.1 Å².